The van der Waals surface area contributed by atoms with Crippen LogP contribution in [0.2, 0.25) is 0 Å². The first-order valence-electron chi connectivity index (χ1n) is 6.88. The minimum Gasteiger partial charge on any atom is -0.378 e. The maximum atomic E-state index is 5.61. The lowest BCUT2D eigenvalue weighted by Crippen LogP contribution is -2.43. The minimum absolute atomic E-state index is 0.179. The first-order chi connectivity index (χ1) is 8.81. The highest BCUT2D eigenvalue weighted by Crippen LogP contribution is 2.33. The van der Waals surface area contributed by atoms with Gasteiger partial charge in [0.15, 0.2) is 5.17 Å². The summed E-state index contributed by atoms with van der Waals surface area (Å²) in [6.45, 7) is 2.19. The molecule has 0 aromatic carbocycles. The van der Waals surface area contributed by atoms with Crippen LogP contribution in [0.5, 0.6) is 0 Å². The normalized spacial score (nSPS) is 41.9. The summed E-state index contributed by atoms with van der Waals surface area (Å²) in [7, 11) is 1.77. The Morgan fingerprint density at radius 1 is 1.56 bits per heavy atom. The largest absolute Gasteiger partial charge is 0.378 e. The monoisotopic (exact) mass is 270 g/mol. The molecular weight excluding hydrogens is 248 g/mol. The summed E-state index contributed by atoms with van der Waals surface area (Å²) in [4.78, 5) is 4.73. The van der Waals surface area contributed by atoms with Gasteiger partial charge in [0.2, 0.25) is 0 Å². The van der Waals surface area contributed by atoms with Crippen LogP contribution in [-0.4, -0.2) is 49.4 Å². The van der Waals surface area contributed by atoms with E-state index in [0.717, 1.165) is 30.7 Å². The Kier molecular flexibility index (Phi) is 3.82. The van der Waals surface area contributed by atoms with Crippen molar-refractivity contribution >= 4 is 16.9 Å². The fourth-order valence-corrected chi connectivity index (χ4v) is 4.22. The predicted molar refractivity (Wildman–Crippen MR) is 74.2 cm³/mol. The highest BCUT2D eigenvalue weighted by molar-refractivity contribution is 8.13. The molecule has 0 aromatic heterocycles. The standard InChI is InChI=1S/C13H22N2O2S/c1-16-13(5-6-17-9-13)8-14-12-15-11-4-2-3-10(11)7-18-12/h10-11H,2-9H2,1H3,(H,14,15). The number of hydrogen-bond acceptors (Lipinski definition) is 4. The van der Waals surface area contributed by atoms with Gasteiger partial charge in [-0.05, 0) is 18.8 Å². The van der Waals surface area contributed by atoms with Crippen molar-refractivity contribution in [3.05, 3.63) is 0 Å². The van der Waals surface area contributed by atoms with E-state index >= 15 is 0 Å². The lowest BCUT2D eigenvalue weighted by Gasteiger charge is -2.29. The number of ether oxygens (including phenoxy) is 2. The molecular formula is C13H22N2O2S. The maximum absolute atomic E-state index is 5.61. The van der Waals surface area contributed by atoms with Crippen molar-refractivity contribution in [2.24, 2.45) is 10.9 Å². The molecule has 0 amide bonds. The predicted octanol–water partition coefficient (Wildman–Crippen LogP) is 1.65. The number of hydrogen-bond donors (Lipinski definition) is 1. The van der Waals surface area contributed by atoms with E-state index in [2.05, 4.69) is 5.32 Å². The van der Waals surface area contributed by atoms with Crippen LogP contribution < -0.4 is 5.32 Å². The molecule has 3 atom stereocenters. The SMILES string of the molecule is COC1(CN=C2NC3CCCC3CS2)CCOC1. The van der Waals surface area contributed by atoms with E-state index in [-0.39, 0.29) is 5.60 Å². The molecule has 4 nitrogen and oxygen atoms in total. The number of fused-ring (bicyclic) bond motifs is 1. The van der Waals surface area contributed by atoms with Gasteiger partial charge in [-0.15, -0.1) is 0 Å². The highest BCUT2D eigenvalue weighted by atomic mass is 32.2. The van der Waals surface area contributed by atoms with Gasteiger partial charge in [0.1, 0.15) is 5.60 Å². The molecule has 2 saturated heterocycles. The Morgan fingerprint density at radius 3 is 3.28 bits per heavy atom. The van der Waals surface area contributed by atoms with Crippen LogP contribution in [0.3, 0.4) is 0 Å². The van der Waals surface area contributed by atoms with Crippen molar-refractivity contribution in [2.45, 2.75) is 37.3 Å². The second-order valence-electron chi connectivity index (χ2n) is 5.56. The lowest BCUT2D eigenvalue weighted by molar-refractivity contribution is -0.00899. The molecule has 2 heterocycles. The number of nitrogens with zero attached hydrogens (tertiary/aromatic N) is 1. The summed E-state index contributed by atoms with van der Waals surface area (Å²) in [6, 6.07) is 0.670. The fourth-order valence-electron chi connectivity index (χ4n) is 3.06. The number of rotatable bonds is 3. The van der Waals surface area contributed by atoms with Gasteiger partial charge in [-0.3, -0.25) is 4.99 Å². The molecule has 18 heavy (non-hydrogen) atoms. The Bertz CT molecular complexity index is 329. The van der Waals surface area contributed by atoms with Crippen molar-refractivity contribution in [3.63, 3.8) is 0 Å². The van der Waals surface area contributed by atoms with E-state index in [1.54, 1.807) is 7.11 Å². The molecule has 3 unspecified atom stereocenters. The first kappa shape index (κ1) is 12.8. The van der Waals surface area contributed by atoms with Crippen LogP contribution in [0.1, 0.15) is 25.7 Å². The topological polar surface area (TPSA) is 42.8 Å². The van der Waals surface area contributed by atoms with Gasteiger partial charge < -0.3 is 14.8 Å². The number of methoxy groups -OCH3 is 1. The van der Waals surface area contributed by atoms with Gasteiger partial charge in [0.05, 0.1) is 13.2 Å². The van der Waals surface area contributed by atoms with Crippen LogP contribution in [0.25, 0.3) is 0 Å². The van der Waals surface area contributed by atoms with Crippen LogP contribution in [0.4, 0.5) is 0 Å². The van der Waals surface area contributed by atoms with Crippen LogP contribution in [0, 0.1) is 5.92 Å². The third-order valence-electron chi connectivity index (χ3n) is 4.41. The quantitative estimate of drug-likeness (QED) is 0.847. The summed E-state index contributed by atoms with van der Waals surface area (Å²) in [5.74, 6) is 2.09. The zero-order chi connectivity index (χ0) is 12.4. The van der Waals surface area contributed by atoms with E-state index in [0.29, 0.717) is 12.6 Å². The first-order valence-corrected chi connectivity index (χ1v) is 7.87. The maximum Gasteiger partial charge on any atom is 0.156 e. The van der Waals surface area contributed by atoms with Crippen molar-refractivity contribution in [3.8, 4) is 0 Å². The summed E-state index contributed by atoms with van der Waals surface area (Å²) in [5.41, 5.74) is -0.179. The lowest BCUT2D eigenvalue weighted by atomic mass is 10.0. The van der Waals surface area contributed by atoms with Crippen molar-refractivity contribution < 1.29 is 9.47 Å². The van der Waals surface area contributed by atoms with Gasteiger partial charge in [0.25, 0.3) is 0 Å². The minimum atomic E-state index is -0.179. The number of aliphatic imine (C=N–C) groups is 1. The summed E-state index contributed by atoms with van der Waals surface area (Å²) >= 11 is 1.87. The van der Waals surface area contributed by atoms with Crippen molar-refractivity contribution in [1.82, 2.24) is 5.32 Å². The Morgan fingerprint density at radius 2 is 2.50 bits per heavy atom. The molecule has 0 aromatic rings. The molecule has 2 aliphatic heterocycles. The Hall–Kier alpha value is -0.260. The third-order valence-corrected chi connectivity index (χ3v) is 5.53. The molecule has 1 saturated carbocycles. The Balaban J connectivity index is 1.59. The molecule has 3 rings (SSSR count). The van der Waals surface area contributed by atoms with Gasteiger partial charge in [0, 0.05) is 31.9 Å². The third kappa shape index (κ3) is 2.53. The van der Waals surface area contributed by atoms with E-state index < -0.39 is 0 Å². The zero-order valence-corrected chi connectivity index (χ0v) is 11.8. The number of thioether (sulfide) groups is 1. The van der Waals surface area contributed by atoms with E-state index in [9.17, 15) is 0 Å². The van der Waals surface area contributed by atoms with Crippen LogP contribution >= 0.6 is 11.8 Å². The van der Waals surface area contributed by atoms with E-state index in [1.165, 1.54) is 25.0 Å². The smallest absolute Gasteiger partial charge is 0.156 e. The summed E-state index contributed by atoms with van der Waals surface area (Å²) in [6.07, 6.45) is 5.01. The number of amidine groups is 1. The summed E-state index contributed by atoms with van der Waals surface area (Å²) < 4.78 is 11.0. The Labute approximate surface area is 113 Å². The molecule has 5 heteroatoms. The molecule has 1 N–H and O–H groups in total. The van der Waals surface area contributed by atoms with E-state index in [1.807, 2.05) is 11.8 Å². The van der Waals surface area contributed by atoms with E-state index in [4.69, 9.17) is 14.5 Å². The van der Waals surface area contributed by atoms with Gasteiger partial charge in [-0.2, -0.15) is 0 Å². The number of nitrogens with one attached hydrogen (secondary N) is 1. The van der Waals surface area contributed by atoms with Gasteiger partial charge in [-0.25, -0.2) is 0 Å². The van der Waals surface area contributed by atoms with Gasteiger partial charge >= 0.3 is 0 Å². The average Bonchev–Trinajstić information content (AvgIpc) is 3.05. The molecule has 0 spiro atoms. The second kappa shape index (κ2) is 5.39. The molecule has 0 radical (unpaired) electrons. The highest BCUT2D eigenvalue weighted by Gasteiger charge is 2.36. The molecule has 102 valence electrons. The summed E-state index contributed by atoms with van der Waals surface area (Å²) in [5, 5.41) is 4.71. The van der Waals surface area contributed by atoms with Crippen LogP contribution in [-0.2, 0) is 9.47 Å². The molecule has 0 bridgehead atoms. The fraction of sp³-hybridized carbons (Fsp3) is 0.923. The molecule has 3 fully saturated rings. The molecule has 1 aliphatic carbocycles. The van der Waals surface area contributed by atoms with Crippen molar-refractivity contribution in [1.29, 1.82) is 0 Å². The van der Waals surface area contributed by atoms with Crippen molar-refractivity contribution in [2.75, 3.05) is 32.6 Å². The second-order valence-corrected chi connectivity index (χ2v) is 6.57. The average molecular weight is 270 g/mol. The zero-order valence-electron chi connectivity index (χ0n) is 11.0. The van der Waals surface area contributed by atoms with Crippen LogP contribution in [0.15, 0.2) is 4.99 Å². The van der Waals surface area contributed by atoms with Gasteiger partial charge in [-0.1, -0.05) is 18.2 Å². The molecule has 3 aliphatic rings.